The zero-order valence-corrected chi connectivity index (χ0v) is 12.2. The molecule has 0 radical (unpaired) electrons. The first-order valence-electron chi connectivity index (χ1n) is 6.16. The van der Waals surface area contributed by atoms with Gasteiger partial charge in [0.1, 0.15) is 11.8 Å². The Morgan fingerprint density at radius 1 is 1.25 bits per heavy atom. The van der Waals surface area contributed by atoms with Gasteiger partial charge in [0.05, 0.1) is 29.2 Å². The van der Waals surface area contributed by atoms with Gasteiger partial charge in [-0.2, -0.15) is 5.26 Å². The number of benzene rings is 2. The van der Waals surface area contributed by atoms with Crippen LogP contribution in [0.4, 0.5) is 0 Å². The third-order valence-electron chi connectivity index (χ3n) is 2.94. The maximum atomic E-state index is 12.3. The van der Waals surface area contributed by atoms with Gasteiger partial charge in [-0.15, -0.1) is 0 Å². The lowest BCUT2D eigenvalue weighted by atomic mass is 10.1. The topological polar surface area (TPSA) is 50.1 Å². The molecule has 0 amide bonds. The summed E-state index contributed by atoms with van der Waals surface area (Å²) < 4.78 is 17.5. The van der Waals surface area contributed by atoms with E-state index in [1.165, 1.54) is 7.11 Å². The molecule has 0 heterocycles. The number of nitrogens with zero attached hydrogens (tertiary/aromatic N) is 1. The zero-order valence-electron chi connectivity index (χ0n) is 11.4. The molecule has 102 valence electrons. The average molecular weight is 285 g/mol. The van der Waals surface area contributed by atoms with Crippen LogP contribution in [0.25, 0.3) is 0 Å². The Balaban J connectivity index is 2.22. The molecular weight excluding hydrogens is 270 g/mol. The van der Waals surface area contributed by atoms with Crippen molar-refractivity contribution in [2.45, 2.75) is 17.6 Å². The van der Waals surface area contributed by atoms with Gasteiger partial charge in [0.2, 0.25) is 0 Å². The van der Waals surface area contributed by atoms with E-state index in [4.69, 9.17) is 10.00 Å². The molecule has 1 unspecified atom stereocenters. The highest BCUT2D eigenvalue weighted by Crippen LogP contribution is 2.21. The van der Waals surface area contributed by atoms with E-state index in [1.807, 2.05) is 37.3 Å². The van der Waals surface area contributed by atoms with Gasteiger partial charge in [0, 0.05) is 4.90 Å². The molecule has 0 aliphatic carbocycles. The smallest absolute Gasteiger partial charge is 0.136 e. The molecule has 0 fully saturated rings. The maximum Gasteiger partial charge on any atom is 0.136 e. The molecule has 0 bridgehead atoms. The first kappa shape index (κ1) is 14.3. The molecule has 2 rings (SSSR count). The van der Waals surface area contributed by atoms with Crippen LogP contribution < -0.4 is 4.74 Å². The second kappa shape index (κ2) is 6.36. The van der Waals surface area contributed by atoms with Gasteiger partial charge >= 0.3 is 0 Å². The molecular formula is C16H15NO2S. The Labute approximate surface area is 121 Å². The van der Waals surface area contributed by atoms with Crippen molar-refractivity contribution in [3.8, 4) is 11.8 Å². The Hall–Kier alpha value is -2.12. The van der Waals surface area contributed by atoms with Crippen molar-refractivity contribution in [3.05, 3.63) is 59.2 Å². The summed E-state index contributed by atoms with van der Waals surface area (Å²) >= 11 is 0. The van der Waals surface area contributed by atoms with Crippen LogP contribution in [0.15, 0.2) is 47.4 Å². The molecule has 0 saturated carbocycles. The SMILES string of the molecule is COc1cc(CS(=O)c2cccc(C)c2)ccc1C#N. The fourth-order valence-corrected chi connectivity index (χ4v) is 3.11. The summed E-state index contributed by atoms with van der Waals surface area (Å²) in [4.78, 5) is 0.813. The van der Waals surface area contributed by atoms with Crippen molar-refractivity contribution < 1.29 is 8.95 Å². The summed E-state index contributed by atoms with van der Waals surface area (Å²) in [5.74, 6) is 0.928. The minimum Gasteiger partial charge on any atom is -0.495 e. The summed E-state index contributed by atoms with van der Waals surface area (Å²) in [6, 6.07) is 15.0. The fourth-order valence-electron chi connectivity index (χ4n) is 1.91. The zero-order chi connectivity index (χ0) is 14.5. The monoisotopic (exact) mass is 285 g/mol. The molecule has 2 aromatic rings. The Bertz CT molecular complexity index is 689. The van der Waals surface area contributed by atoms with Crippen LogP contribution >= 0.6 is 0 Å². The van der Waals surface area contributed by atoms with Crippen molar-refractivity contribution in [1.29, 1.82) is 5.26 Å². The van der Waals surface area contributed by atoms with Gasteiger partial charge in [-0.05, 0) is 42.3 Å². The highest BCUT2D eigenvalue weighted by Gasteiger charge is 2.08. The summed E-state index contributed by atoms with van der Waals surface area (Å²) in [6.45, 7) is 1.98. The highest BCUT2D eigenvalue weighted by atomic mass is 32.2. The van der Waals surface area contributed by atoms with E-state index in [-0.39, 0.29) is 0 Å². The largest absolute Gasteiger partial charge is 0.495 e. The van der Waals surface area contributed by atoms with Crippen molar-refractivity contribution in [2.75, 3.05) is 7.11 Å². The predicted octanol–water partition coefficient (Wildman–Crippen LogP) is 3.18. The van der Waals surface area contributed by atoms with Crippen molar-refractivity contribution >= 4 is 10.8 Å². The molecule has 0 aromatic heterocycles. The number of rotatable bonds is 4. The minimum absolute atomic E-state index is 0.408. The lowest BCUT2D eigenvalue weighted by Crippen LogP contribution is -1.98. The standard InChI is InChI=1S/C16H15NO2S/c1-12-4-3-5-15(8-12)20(18)11-13-6-7-14(10-17)16(9-13)19-2/h3-9H,11H2,1-2H3. The van der Waals surface area contributed by atoms with E-state index in [0.29, 0.717) is 17.1 Å². The molecule has 0 N–H and O–H groups in total. The number of aryl methyl sites for hydroxylation is 1. The molecule has 0 aliphatic heterocycles. The number of methoxy groups -OCH3 is 1. The van der Waals surface area contributed by atoms with Crippen LogP contribution in [0.5, 0.6) is 5.75 Å². The summed E-state index contributed by atoms with van der Waals surface area (Å²) in [5.41, 5.74) is 2.46. The van der Waals surface area contributed by atoms with E-state index >= 15 is 0 Å². The molecule has 0 saturated heterocycles. The molecule has 4 heteroatoms. The highest BCUT2D eigenvalue weighted by molar-refractivity contribution is 7.84. The van der Waals surface area contributed by atoms with Crippen LogP contribution in [0.3, 0.4) is 0 Å². The summed E-state index contributed by atoms with van der Waals surface area (Å²) in [6.07, 6.45) is 0. The number of hydrogen-bond acceptors (Lipinski definition) is 3. The van der Waals surface area contributed by atoms with Gasteiger partial charge in [-0.3, -0.25) is 4.21 Å². The summed E-state index contributed by atoms with van der Waals surface area (Å²) in [5, 5.41) is 8.94. The van der Waals surface area contributed by atoms with E-state index in [2.05, 4.69) is 6.07 Å². The maximum absolute atomic E-state index is 12.3. The number of ether oxygens (including phenoxy) is 1. The van der Waals surface area contributed by atoms with E-state index in [0.717, 1.165) is 16.0 Å². The molecule has 0 spiro atoms. The Kier molecular flexibility index (Phi) is 4.54. The van der Waals surface area contributed by atoms with Crippen molar-refractivity contribution in [3.63, 3.8) is 0 Å². The van der Waals surface area contributed by atoms with Gasteiger partial charge in [0.15, 0.2) is 0 Å². The van der Waals surface area contributed by atoms with Crippen LogP contribution in [0.1, 0.15) is 16.7 Å². The second-order valence-electron chi connectivity index (χ2n) is 4.45. The fraction of sp³-hybridized carbons (Fsp3) is 0.188. The first-order valence-corrected chi connectivity index (χ1v) is 7.48. The molecule has 3 nitrogen and oxygen atoms in total. The van der Waals surface area contributed by atoms with Gasteiger partial charge < -0.3 is 4.74 Å². The van der Waals surface area contributed by atoms with Crippen molar-refractivity contribution in [1.82, 2.24) is 0 Å². The van der Waals surface area contributed by atoms with Crippen LogP contribution in [-0.2, 0) is 16.6 Å². The van der Waals surface area contributed by atoms with Gasteiger partial charge in [-0.1, -0.05) is 18.2 Å². The molecule has 0 aliphatic rings. The van der Waals surface area contributed by atoms with E-state index < -0.39 is 10.8 Å². The quantitative estimate of drug-likeness (QED) is 0.867. The normalized spacial score (nSPS) is 11.7. The third kappa shape index (κ3) is 3.25. The third-order valence-corrected chi connectivity index (χ3v) is 4.31. The van der Waals surface area contributed by atoms with E-state index in [1.54, 1.807) is 12.1 Å². The Morgan fingerprint density at radius 2 is 2.05 bits per heavy atom. The van der Waals surface area contributed by atoms with Crippen molar-refractivity contribution in [2.24, 2.45) is 0 Å². The molecule has 2 aromatic carbocycles. The Morgan fingerprint density at radius 3 is 2.70 bits per heavy atom. The summed E-state index contributed by atoms with van der Waals surface area (Å²) in [7, 11) is 0.423. The molecule has 20 heavy (non-hydrogen) atoms. The lowest BCUT2D eigenvalue weighted by molar-refractivity contribution is 0.413. The predicted molar refractivity (Wildman–Crippen MR) is 79.0 cm³/mol. The van der Waals surface area contributed by atoms with Gasteiger partial charge in [0.25, 0.3) is 0 Å². The second-order valence-corrected chi connectivity index (χ2v) is 5.90. The lowest BCUT2D eigenvalue weighted by Gasteiger charge is -2.07. The minimum atomic E-state index is -1.10. The molecule has 1 atom stereocenters. The number of hydrogen-bond donors (Lipinski definition) is 0. The van der Waals surface area contributed by atoms with Crippen LogP contribution in [0, 0.1) is 18.3 Å². The van der Waals surface area contributed by atoms with Gasteiger partial charge in [-0.25, -0.2) is 0 Å². The average Bonchev–Trinajstić information content (AvgIpc) is 2.47. The van der Waals surface area contributed by atoms with Crippen LogP contribution in [0.2, 0.25) is 0 Å². The first-order chi connectivity index (χ1) is 9.63. The van der Waals surface area contributed by atoms with E-state index in [9.17, 15) is 4.21 Å². The van der Waals surface area contributed by atoms with Crippen LogP contribution in [-0.4, -0.2) is 11.3 Å². The number of nitriles is 1.